The average Bonchev–Trinajstić information content (AvgIpc) is 2.64. The number of nitrogens with one attached hydrogen (secondary N) is 1. The van der Waals surface area contributed by atoms with Crippen molar-refractivity contribution < 1.29 is 0 Å². The van der Waals surface area contributed by atoms with Crippen molar-refractivity contribution >= 4 is 11.9 Å². The van der Waals surface area contributed by atoms with Gasteiger partial charge in [-0.05, 0) is 35.4 Å². The predicted molar refractivity (Wildman–Crippen MR) is 70.6 cm³/mol. The minimum Gasteiger partial charge on any atom is -0.383 e. The van der Waals surface area contributed by atoms with Crippen LogP contribution in [0.15, 0.2) is 47.7 Å². The molecule has 1 aromatic carbocycles. The van der Waals surface area contributed by atoms with E-state index >= 15 is 0 Å². The van der Waals surface area contributed by atoms with E-state index in [1.54, 1.807) is 0 Å². The minimum absolute atomic E-state index is 0.833. The topological polar surface area (TPSA) is 37.3 Å². The molecule has 3 rings (SSSR count). The summed E-state index contributed by atoms with van der Waals surface area (Å²) in [5.74, 6) is 0. The Kier molecular flexibility index (Phi) is 2.58. The first-order chi connectivity index (χ1) is 8.43. The Morgan fingerprint density at radius 2 is 1.88 bits per heavy atom. The van der Waals surface area contributed by atoms with Crippen molar-refractivity contribution in [2.24, 2.45) is 4.99 Å². The second-order valence-corrected chi connectivity index (χ2v) is 4.00. The molecule has 0 spiro atoms. The molecule has 2 heterocycles. The van der Waals surface area contributed by atoms with Gasteiger partial charge < -0.3 is 5.32 Å². The average molecular weight is 223 g/mol. The van der Waals surface area contributed by atoms with Gasteiger partial charge in [-0.25, -0.2) is 0 Å². The largest absolute Gasteiger partial charge is 0.383 e. The van der Waals surface area contributed by atoms with Crippen LogP contribution in [0, 0.1) is 0 Å². The second-order valence-electron chi connectivity index (χ2n) is 4.00. The summed E-state index contributed by atoms with van der Waals surface area (Å²) in [5, 5.41) is 3.37. The van der Waals surface area contributed by atoms with Crippen molar-refractivity contribution in [3.63, 3.8) is 0 Å². The lowest BCUT2D eigenvalue weighted by Gasteiger charge is -2.08. The molecule has 0 radical (unpaired) electrons. The van der Waals surface area contributed by atoms with Crippen molar-refractivity contribution in [1.29, 1.82) is 0 Å². The number of benzodiazepines with no additional fused rings is 1. The molecular weight excluding hydrogens is 210 g/mol. The molecule has 1 aliphatic rings. The van der Waals surface area contributed by atoms with Gasteiger partial charge in [0, 0.05) is 36.4 Å². The molecule has 0 amide bonds. The molecule has 1 aliphatic heterocycles. The van der Waals surface area contributed by atoms with Crippen molar-refractivity contribution in [1.82, 2.24) is 4.98 Å². The SMILES string of the molecule is C1=NCCNc2ccc(-c3ccncc3)cc21. The molecule has 0 aliphatic carbocycles. The number of aliphatic imine (C=N–C) groups is 1. The van der Waals surface area contributed by atoms with Gasteiger partial charge in [0.1, 0.15) is 0 Å². The van der Waals surface area contributed by atoms with E-state index in [4.69, 9.17) is 0 Å². The molecule has 0 unspecified atom stereocenters. The van der Waals surface area contributed by atoms with Gasteiger partial charge in [-0.2, -0.15) is 0 Å². The van der Waals surface area contributed by atoms with E-state index in [9.17, 15) is 0 Å². The number of hydrogen-bond acceptors (Lipinski definition) is 3. The van der Waals surface area contributed by atoms with Gasteiger partial charge in [0.15, 0.2) is 0 Å². The normalized spacial score (nSPS) is 13.6. The summed E-state index contributed by atoms with van der Waals surface area (Å²) < 4.78 is 0. The van der Waals surface area contributed by atoms with Crippen LogP contribution in [0.2, 0.25) is 0 Å². The fraction of sp³-hybridized carbons (Fsp3) is 0.143. The summed E-state index contributed by atoms with van der Waals surface area (Å²) in [6.45, 7) is 1.73. The lowest BCUT2D eigenvalue weighted by molar-refractivity contribution is 1.04. The van der Waals surface area contributed by atoms with Gasteiger partial charge in [-0.1, -0.05) is 6.07 Å². The van der Waals surface area contributed by atoms with E-state index in [2.05, 4.69) is 33.5 Å². The lowest BCUT2D eigenvalue weighted by atomic mass is 10.0. The molecule has 17 heavy (non-hydrogen) atoms. The van der Waals surface area contributed by atoms with Crippen molar-refractivity contribution in [2.45, 2.75) is 0 Å². The first-order valence-corrected chi connectivity index (χ1v) is 5.72. The second kappa shape index (κ2) is 4.37. The summed E-state index contributed by atoms with van der Waals surface area (Å²) in [5.41, 5.74) is 4.68. The Morgan fingerprint density at radius 1 is 1.00 bits per heavy atom. The molecule has 84 valence electrons. The number of nitrogens with zero attached hydrogens (tertiary/aromatic N) is 2. The first kappa shape index (κ1) is 10.0. The summed E-state index contributed by atoms with van der Waals surface area (Å²) >= 11 is 0. The Morgan fingerprint density at radius 3 is 2.76 bits per heavy atom. The summed E-state index contributed by atoms with van der Waals surface area (Å²) in [7, 11) is 0. The van der Waals surface area contributed by atoms with E-state index in [0.29, 0.717) is 0 Å². The van der Waals surface area contributed by atoms with Crippen molar-refractivity contribution in [2.75, 3.05) is 18.4 Å². The zero-order chi connectivity index (χ0) is 11.5. The number of aromatic nitrogens is 1. The number of anilines is 1. The van der Waals surface area contributed by atoms with Crippen molar-refractivity contribution in [3.8, 4) is 11.1 Å². The highest BCUT2D eigenvalue weighted by Crippen LogP contribution is 2.24. The van der Waals surface area contributed by atoms with Crippen molar-refractivity contribution in [3.05, 3.63) is 48.3 Å². The Hall–Kier alpha value is -2.16. The molecule has 1 N–H and O–H groups in total. The van der Waals surface area contributed by atoms with E-state index in [1.807, 2.05) is 30.7 Å². The summed E-state index contributed by atoms with van der Waals surface area (Å²) in [4.78, 5) is 8.38. The molecule has 3 nitrogen and oxygen atoms in total. The molecule has 0 bridgehead atoms. The predicted octanol–water partition coefficient (Wildman–Crippen LogP) is 2.59. The van der Waals surface area contributed by atoms with Gasteiger partial charge in [0.25, 0.3) is 0 Å². The fourth-order valence-corrected chi connectivity index (χ4v) is 1.97. The molecule has 0 fully saturated rings. The molecule has 0 saturated heterocycles. The van der Waals surface area contributed by atoms with Crippen LogP contribution in [-0.2, 0) is 0 Å². The Balaban J connectivity index is 2.06. The standard InChI is InChI=1S/C14H13N3/c1-2-14-13(10-16-7-8-17-14)9-12(1)11-3-5-15-6-4-11/h1-6,9-10,17H,7-8H2. The molecule has 3 heteroatoms. The third-order valence-electron chi connectivity index (χ3n) is 2.85. The fourth-order valence-electron chi connectivity index (χ4n) is 1.97. The maximum Gasteiger partial charge on any atom is 0.0562 e. The van der Waals surface area contributed by atoms with Gasteiger partial charge in [0.05, 0.1) is 6.54 Å². The van der Waals surface area contributed by atoms with Crippen LogP contribution in [0.3, 0.4) is 0 Å². The molecule has 2 aromatic rings. The van der Waals surface area contributed by atoms with Crippen LogP contribution in [0.25, 0.3) is 11.1 Å². The van der Waals surface area contributed by atoms with E-state index < -0.39 is 0 Å². The molecular formula is C14H13N3. The van der Waals surface area contributed by atoms with E-state index in [-0.39, 0.29) is 0 Å². The third kappa shape index (κ3) is 2.04. The maximum absolute atomic E-state index is 4.35. The van der Waals surface area contributed by atoms with Gasteiger partial charge in [0.2, 0.25) is 0 Å². The third-order valence-corrected chi connectivity index (χ3v) is 2.85. The van der Waals surface area contributed by atoms with Gasteiger partial charge >= 0.3 is 0 Å². The molecule has 0 saturated carbocycles. The first-order valence-electron chi connectivity index (χ1n) is 5.72. The van der Waals surface area contributed by atoms with Gasteiger partial charge in [-0.3, -0.25) is 9.98 Å². The number of benzene rings is 1. The highest BCUT2D eigenvalue weighted by Gasteiger charge is 2.05. The monoisotopic (exact) mass is 223 g/mol. The van der Waals surface area contributed by atoms with Crippen LogP contribution in [0.1, 0.15) is 5.56 Å². The number of hydrogen-bond donors (Lipinski definition) is 1. The van der Waals surface area contributed by atoms with Crippen LogP contribution < -0.4 is 5.32 Å². The number of rotatable bonds is 1. The number of fused-ring (bicyclic) bond motifs is 1. The smallest absolute Gasteiger partial charge is 0.0562 e. The molecule has 1 aromatic heterocycles. The highest BCUT2D eigenvalue weighted by molar-refractivity contribution is 5.90. The Labute approximate surface area is 100 Å². The zero-order valence-electron chi connectivity index (χ0n) is 9.43. The number of pyridine rings is 1. The highest BCUT2D eigenvalue weighted by atomic mass is 14.9. The van der Waals surface area contributed by atoms with Crippen LogP contribution >= 0.6 is 0 Å². The summed E-state index contributed by atoms with van der Waals surface area (Å²) in [6, 6.07) is 10.4. The minimum atomic E-state index is 0.833. The van der Waals surface area contributed by atoms with E-state index in [0.717, 1.165) is 24.3 Å². The zero-order valence-corrected chi connectivity index (χ0v) is 9.43. The molecule has 0 atom stereocenters. The van der Waals surface area contributed by atoms with Gasteiger partial charge in [-0.15, -0.1) is 0 Å². The summed E-state index contributed by atoms with van der Waals surface area (Å²) in [6.07, 6.45) is 5.57. The van der Waals surface area contributed by atoms with Crippen LogP contribution in [0.5, 0.6) is 0 Å². The Bertz CT molecular complexity index is 547. The van der Waals surface area contributed by atoms with Crippen LogP contribution in [0.4, 0.5) is 5.69 Å². The lowest BCUT2D eigenvalue weighted by Crippen LogP contribution is -2.03. The van der Waals surface area contributed by atoms with E-state index in [1.165, 1.54) is 11.1 Å². The quantitative estimate of drug-likeness (QED) is 0.806. The van der Waals surface area contributed by atoms with Crippen LogP contribution in [-0.4, -0.2) is 24.3 Å². The maximum atomic E-state index is 4.35.